The van der Waals surface area contributed by atoms with E-state index in [1.807, 2.05) is 30.6 Å². The molecule has 4 atom stereocenters. The van der Waals surface area contributed by atoms with Gasteiger partial charge >= 0.3 is 0 Å². The average molecular weight is 673 g/mol. The molecule has 0 saturated carbocycles. The van der Waals surface area contributed by atoms with Gasteiger partial charge in [-0.15, -0.1) is 0 Å². The fourth-order valence-electron chi connectivity index (χ4n) is 4.97. The molecule has 0 heterocycles. The van der Waals surface area contributed by atoms with Gasteiger partial charge in [0.15, 0.2) is 0 Å². The van der Waals surface area contributed by atoms with Crippen molar-refractivity contribution in [2.45, 2.75) is 84.2 Å². The number of hydrogen-bond donors (Lipinski definition) is 6. The van der Waals surface area contributed by atoms with Crippen LogP contribution in [-0.4, -0.2) is 194 Å². The van der Waals surface area contributed by atoms with Crippen LogP contribution in [0.5, 0.6) is 0 Å². The Morgan fingerprint density at radius 1 is 0.457 bits per heavy atom. The lowest BCUT2D eigenvalue weighted by Crippen LogP contribution is -2.48. The second kappa shape index (κ2) is 31.7. The Bertz CT molecular complexity index is 631. The van der Waals surface area contributed by atoms with E-state index >= 15 is 0 Å². The van der Waals surface area contributed by atoms with E-state index in [2.05, 4.69) is 16.7 Å². The van der Waals surface area contributed by atoms with Gasteiger partial charge in [0.25, 0.3) is 0 Å². The summed E-state index contributed by atoms with van der Waals surface area (Å²) in [7, 11) is 0. The van der Waals surface area contributed by atoms with Crippen molar-refractivity contribution < 1.29 is 54.3 Å². The fraction of sp³-hybridized carbons (Fsp3) is 1.00. The molecule has 0 rings (SSSR count). The quantitative estimate of drug-likeness (QED) is 0.0374. The normalized spacial score (nSPS) is 15.0. The largest absolute Gasteiger partial charge is 0.381 e. The highest BCUT2D eigenvalue weighted by Gasteiger charge is 2.21. The van der Waals surface area contributed by atoms with E-state index in [1.54, 1.807) is 0 Å². The summed E-state index contributed by atoms with van der Waals surface area (Å²) < 4.78 is 27.6. The molecule has 0 bridgehead atoms. The van der Waals surface area contributed by atoms with Crippen LogP contribution in [0.4, 0.5) is 0 Å². The minimum Gasteiger partial charge on any atom is -0.381 e. The molecule has 278 valence electrons. The predicted octanol–water partition coefficient (Wildman–Crippen LogP) is -0.519. The van der Waals surface area contributed by atoms with Gasteiger partial charge in [0.1, 0.15) is 27.2 Å². The number of aliphatic hydroxyl groups is 6. The lowest BCUT2D eigenvalue weighted by molar-refractivity contribution is -0.0972. The summed E-state index contributed by atoms with van der Waals surface area (Å²) >= 11 is 0. The van der Waals surface area contributed by atoms with Gasteiger partial charge in [0.05, 0.1) is 44.5 Å². The number of rotatable bonds is 35. The maximum Gasteiger partial charge on any atom is 0.144 e. The number of nitrogens with zero attached hydrogens (tertiary/aromatic N) is 4. The van der Waals surface area contributed by atoms with Gasteiger partial charge in [0, 0.05) is 72.1 Å². The minimum absolute atomic E-state index is 0.153. The van der Waals surface area contributed by atoms with Gasteiger partial charge in [-0.3, -0.25) is 19.6 Å². The molecule has 15 nitrogen and oxygen atoms in total. The number of unbranched alkanes of at least 4 members (excludes halogenated alkanes) is 1. The van der Waals surface area contributed by atoms with Crippen molar-refractivity contribution in [2.24, 2.45) is 0 Å². The second-order valence-electron chi connectivity index (χ2n) is 11.4. The number of ether oxygens (including phenoxy) is 5. The standard InChI is InChI=1S/C31H68N4O11/c1-5-9-16-42-21-31(46-27-41)20-35(23-37)15-12-32(11-14-34(22-36)19-30(8-4)45-26-40)10-13-33(17-28(6-2)43-24-38)18-29(7-3)44-25-39/h28-31,36-41H,5-27H2,1-4H3. The Hall–Kier alpha value is -0.600. The summed E-state index contributed by atoms with van der Waals surface area (Å²) in [4.78, 5) is 8.20. The molecule has 0 aromatic rings. The second-order valence-corrected chi connectivity index (χ2v) is 11.4. The molecule has 6 N–H and O–H groups in total. The molecular weight excluding hydrogens is 604 g/mol. The van der Waals surface area contributed by atoms with Crippen molar-refractivity contribution in [3.05, 3.63) is 0 Å². The summed E-state index contributed by atoms with van der Waals surface area (Å²) in [6, 6.07) is 0. The summed E-state index contributed by atoms with van der Waals surface area (Å²) in [6.07, 6.45) is 3.17. The van der Waals surface area contributed by atoms with Crippen LogP contribution in [0.3, 0.4) is 0 Å². The summed E-state index contributed by atoms with van der Waals surface area (Å²) in [6.45, 7) is 12.8. The lowest BCUT2D eigenvalue weighted by atomic mass is 10.2. The van der Waals surface area contributed by atoms with Gasteiger partial charge in [-0.2, -0.15) is 0 Å². The molecule has 0 spiro atoms. The molecule has 0 amide bonds. The highest BCUT2D eigenvalue weighted by atomic mass is 16.6. The maximum absolute atomic E-state index is 10.2. The monoisotopic (exact) mass is 672 g/mol. The molecule has 0 aromatic heterocycles. The van der Waals surface area contributed by atoms with Gasteiger partial charge in [-0.25, -0.2) is 0 Å². The van der Waals surface area contributed by atoms with E-state index in [4.69, 9.17) is 23.7 Å². The Morgan fingerprint density at radius 2 is 0.804 bits per heavy atom. The first kappa shape index (κ1) is 45.4. The van der Waals surface area contributed by atoms with Crippen molar-refractivity contribution in [2.75, 3.05) is 119 Å². The van der Waals surface area contributed by atoms with Crippen LogP contribution >= 0.6 is 0 Å². The van der Waals surface area contributed by atoms with Crippen molar-refractivity contribution in [3.63, 3.8) is 0 Å². The molecule has 0 aliphatic heterocycles. The van der Waals surface area contributed by atoms with E-state index in [0.717, 1.165) is 25.7 Å². The number of aliphatic hydroxyl groups excluding tert-OH is 6. The molecular formula is C31H68N4O11. The first-order valence-corrected chi connectivity index (χ1v) is 17.0. The highest BCUT2D eigenvalue weighted by Crippen LogP contribution is 2.09. The van der Waals surface area contributed by atoms with Crippen molar-refractivity contribution in [1.29, 1.82) is 0 Å². The molecule has 0 aromatic carbocycles. The maximum atomic E-state index is 10.2. The third kappa shape index (κ3) is 22.9. The van der Waals surface area contributed by atoms with Crippen LogP contribution in [0, 0.1) is 0 Å². The van der Waals surface area contributed by atoms with Crippen LogP contribution in [-0.2, 0) is 23.7 Å². The Kier molecular flexibility index (Phi) is 31.2. The first-order chi connectivity index (χ1) is 22.4. The van der Waals surface area contributed by atoms with Crippen LogP contribution in [0.25, 0.3) is 0 Å². The summed E-state index contributed by atoms with van der Waals surface area (Å²) in [5, 5.41) is 57.6. The molecule has 0 saturated heterocycles. The van der Waals surface area contributed by atoms with Crippen LogP contribution in [0.15, 0.2) is 0 Å². The van der Waals surface area contributed by atoms with Gasteiger partial charge < -0.3 is 54.3 Å². The van der Waals surface area contributed by atoms with Gasteiger partial charge in [-0.05, 0) is 25.7 Å². The van der Waals surface area contributed by atoms with Crippen molar-refractivity contribution >= 4 is 0 Å². The van der Waals surface area contributed by atoms with E-state index in [-0.39, 0.29) is 52.2 Å². The first-order valence-electron chi connectivity index (χ1n) is 17.0. The third-order valence-electron chi connectivity index (χ3n) is 8.00. The third-order valence-corrected chi connectivity index (χ3v) is 8.00. The smallest absolute Gasteiger partial charge is 0.144 e. The molecule has 0 aliphatic carbocycles. The lowest BCUT2D eigenvalue weighted by Gasteiger charge is -2.34. The minimum atomic E-state index is -0.434. The van der Waals surface area contributed by atoms with Crippen LogP contribution in [0.2, 0.25) is 0 Å². The number of hydrogen-bond acceptors (Lipinski definition) is 15. The van der Waals surface area contributed by atoms with Crippen LogP contribution in [0.1, 0.15) is 59.8 Å². The van der Waals surface area contributed by atoms with Gasteiger partial charge in [0.2, 0.25) is 0 Å². The Balaban J connectivity index is 5.69. The summed E-state index contributed by atoms with van der Waals surface area (Å²) in [5.74, 6) is 0. The fourth-order valence-corrected chi connectivity index (χ4v) is 4.97. The summed E-state index contributed by atoms with van der Waals surface area (Å²) in [5.41, 5.74) is 0. The van der Waals surface area contributed by atoms with Crippen molar-refractivity contribution in [3.8, 4) is 0 Å². The van der Waals surface area contributed by atoms with Crippen molar-refractivity contribution in [1.82, 2.24) is 19.6 Å². The topological polar surface area (TPSA) is 180 Å². The van der Waals surface area contributed by atoms with E-state index < -0.39 is 12.9 Å². The molecule has 15 heteroatoms. The average Bonchev–Trinajstić information content (AvgIpc) is 3.07. The zero-order chi connectivity index (χ0) is 34.4. The van der Waals surface area contributed by atoms with E-state index in [0.29, 0.717) is 85.1 Å². The molecule has 0 aliphatic rings. The molecule has 46 heavy (non-hydrogen) atoms. The van der Waals surface area contributed by atoms with E-state index in [1.165, 1.54) is 0 Å². The van der Waals surface area contributed by atoms with Gasteiger partial charge in [-0.1, -0.05) is 34.1 Å². The molecule has 4 unspecified atom stereocenters. The zero-order valence-electron chi connectivity index (χ0n) is 29.1. The Labute approximate surface area is 277 Å². The Morgan fingerprint density at radius 3 is 1.17 bits per heavy atom. The van der Waals surface area contributed by atoms with E-state index in [9.17, 15) is 30.6 Å². The molecule has 0 fully saturated rings. The van der Waals surface area contributed by atoms with Crippen LogP contribution < -0.4 is 0 Å². The highest BCUT2D eigenvalue weighted by molar-refractivity contribution is 4.74. The molecule has 0 radical (unpaired) electrons. The zero-order valence-corrected chi connectivity index (χ0v) is 29.1. The predicted molar refractivity (Wildman–Crippen MR) is 175 cm³/mol. The SMILES string of the molecule is CCCCOCC(CN(CO)CCN(CCN(CO)CC(CC)OCO)CCN(CC(CC)OCO)CC(CC)OCO)OCO.